The molecule has 1 aromatic carbocycles. The lowest BCUT2D eigenvalue weighted by molar-refractivity contribution is -0.192. The highest BCUT2D eigenvalue weighted by Crippen LogP contribution is 2.26. The van der Waals surface area contributed by atoms with E-state index < -0.39 is 0 Å². The van der Waals surface area contributed by atoms with E-state index in [1.54, 1.807) is 7.11 Å². The van der Waals surface area contributed by atoms with Gasteiger partial charge in [-0.25, -0.2) is 4.98 Å². The summed E-state index contributed by atoms with van der Waals surface area (Å²) >= 11 is 0. The molecule has 1 fully saturated rings. The van der Waals surface area contributed by atoms with Crippen molar-refractivity contribution >= 4 is 22.6 Å². The van der Waals surface area contributed by atoms with Gasteiger partial charge in [0.05, 0.1) is 37.6 Å². The van der Waals surface area contributed by atoms with Gasteiger partial charge >= 0.3 is 0 Å². The van der Waals surface area contributed by atoms with Crippen molar-refractivity contribution in [2.45, 2.75) is 31.7 Å². The third-order valence-electron chi connectivity index (χ3n) is 5.76. The molecule has 0 spiro atoms. The van der Waals surface area contributed by atoms with Gasteiger partial charge in [-0.2, -0.15) is 0 Å². The molecule has 0 unspecified atom stereocenters. The second-order valence-electron chi connectivity index (χ2n) is 8.05. The number of aromatic nitrogens is 2. The van der Waals surface area contributed by atoms with Crippen LogP contribution >= 0.6 is 0 Å². The van der Waals surface area contributed by atoms with Gasteiger partial charge in [-0.05, 0) is 48.4 Å². The monoisotopic (exact) mass is 450 g/mol. The minimum absolute atomic E-state index is 0.0236. The summed E-state index contributed by atoms with van der Waals surface area (Å²) in [6.07, 6.45) is 3.17. The molecule has 4 heterocycles. The molecule has 0 bridgehead atoms. The first-order valence-corrected chi connectivity index (χ1v) is 11.0. The van der Waals surface area contributed by atoms with Crippen molar-refractivity contribution in [1.29, 1.82) is 0 Å². The molecule has 33 heavy (non-hydrogen) atoms. The molecule has 9 nitrogen and oxygen atoms in total. The Bertz CT molecular complexity index is 1150. The third-order valence-corrected chi connectivity index (χ3v) is 5.76. The van der Waals surface area contributed by atoms with E-state index in [1.807, 2.05) is 42.6 Å². The number of rotatable bonds is 7. The first-order valence-electron chi connectivity index (χ1n) is 11.0. The zero-order valence-electron chi connectivity index (χ0n) is 18.4. The number of nitrogens with zero attached hydrogens (tertiary/aromatic N) is 2. The number of amides is 1. The number of anilines is 1. The zero-order chi connectivity index (χ0) is 22.6. The predicted octanol–water partition coefficient (Wildman–Crippen LogP) is 2.43. The van der Waals surface area contributed by atoms with Gasteiger partial charge in [0.15, 0.2) is 24.5 Å². The highest BCUT2D eigenvalue weighted by Gasteiger charge is 2.23. The summed E-state index contributed by atoms with van der Waals surface area (Å²) in [7, 11) is 1.67. The van der Waals surface area contributed by atoms with Gasteiger partial charge in [-0.3, -0.25) is 9.78 Å². The van der Waals surface area contributed by atoms with E-state index in [-0.39, 0.29) is 24.8 Å². The highest BCUT2D eigenvalue weighted by atomic mass is 16.7. The number of benzene rings is 1. The SMILES string of the molecule is COc1ccc2nccc(CC[C@H]3OC[C@H](NCc4ccc5c(n4)NC(=O)CO5)CO3)c2c1. The van der Waals surface area contributed by atoms with Gasteiger partial charge in [0, 0.05) is 24.5 Å². The Morgan fingerprint density at radius 3 is 2.91 bits per heavy atom. The molecule has 3 aromatic rings. The summed E-state index contributed by atoms with van der Waals surface area (Å²) in [6, 6.07) is 11.7. The van der Waals surface area contributed by atoms with Crippen molar-refractivity contribution < 1.29 is 23.7 Å². The number of hydrogen-bond donors (Lipinski definition) is 2. The van der Waals surface area contributed by atoms with E-state index in [2.05, 4.69) is 20.6 Å². The number of ether oxygens (including phenoxy) is 4. The first kappa shape index (κ1) is 21.6. The van der Waals surface area contributed by atoms with Crippen LogP contribution in [-0.2, 0) is 27.2 Å². The van der Waals surface area contributed by atoms with Gasteiger partial charge in [0.1, 0.15) is 5.75 Å². The Labute approximate surface area is 191 Å². The van der Waals surface area contributed by atoms with E-state index in [4.69, 9.17) is 18.9 Å². The Hall–Kier alpha value is -3.27. The van der Waals surface area contributed by atoms with Gasteiger partial charge in [0.25, 0.3) is 5.91 Å². The standard InChI is InChI=1S/C24H26N4O5/c1-30-18-4-5-20-19(10-18)15(8-9-25-20)2-7-23-32-12-17(13-33-23)26-11-16-3-6-21-24(27-16)28-22(29)14-31-21/h3-6,8-10,17,23,26H,2,7,11-14H2,1H3,(H,27,28,29)/t17-,23-. The fraction of sp³-hybridized carbons (Fsp3) is 0.375. The number of nitrogens with one attached hydrogen (secondary N) is 2. The summed E-state index contributed by atoms with van der Waals surface area (Å²) in [4.78, 5) is 20.4. The van der Waals surface area contributed by atoms with Gasteiger partial charge in [-0.15, -0.1) is 0 Å². The maximum Gasteiger partial charge on any atom is 0.263 e. The number of pyridine rings is 2. The molecule has 0 atom stereocenters. The van der Waals surface area contributed by atoms with Crippen LogP contribution in [0.3, 0.4) is 0 Å². The second-order valence-corrected chi connectivity index (χ2v) is 8.05. The fourth-order valence-electron chi connectivity index (χ4n) is 3.98. The molecule has 0 radical (unpaired) electrons. The summed E-state index contributed by atoms with van der Waals surface area (Å²) in [6.45, 7) is 1.67. The fourth-order valence-corrected chi connectivity index (χ4v) is 3.98. The molecule has 5 rings (SSSR count). The second kappa shape index (κ2) is 9.70. The van der Waals surface area contributed by atoms with Gasteiger partial charge < -0.3 is 29.6 Å². The van der Waals surface area contributed by atoms with Crippen LogP contribution in [0.25, 0.3) is 10.9 Å². The molecule has 0 aliphatic carbocycles. The number of carbonyl (C=O) groups excluding carboxylic acids is 1. The van der Waals surface area contributed by atoms with Crippen LogP contribution in [0.15, 0.2) is 42.6 Å². The minimum atomic E-state index is -0.244. The quantitative estimate of drug-likeness (QED) is 0.566. The van der Waals surface area contributed by atoms with E-state index in [1.165, 1.54) is 5.56 Å². The van der Waals surface area contributed by atoms with Gasteiger partial charge in [0.2, 0.25) is 0 Å². The molecule has 2 aliphatic heterocycles. The Balaban J connectivity index is 1.11. The summed E-state index contributed by atoms with van der Waals surface area (Å²) in [5.74, 6) is 1.67. The lowest BCUT2D eigenvalue weighted by atomic mass is 10.0. The number of fused-ring (bicyclic) bond motifs is 2. The normalized spacial score (nSPS) is 20.1. The molecule has 2 aromatic heterocycles. The van der Waals surface area contributed by atoms with Crippen molar-refractivity contribution in [3.05, 3.63) is 53.9 Å². The average Bonchev–Trinajstić information content (AvgIpc) is 2.86. The van der Waals surface area contributed by atoms with Crippen molar-refractivity contribution in [2.75, 3.05) is 32.2 Å². The lowest BCUT2D eigenvalue weighted by Crippen LogP contribution is -2.44. The van der Waals surface area contributed by atoms with E-state index in [0.717, 1.165) is 35.2 Å². The maximum atomic E-state index is 11.5. The van der Waals surface area contributed by atoms with Crippen LogP contribution in [0.4, 0.5) is 5.82 Å². The minimum Gasteiger partial charge on any atom is -0.497 e. The van der Waals surface area contributed by atoms with Crippen LogP contribution < -0.4 is 20.1 Å². The van der Waals surface area contributed by atoms with Crippen LogP contribution in [0, 0.1) is 0 Å². The summed E-state index contributed by atoms with van der Waals surface area (Å²) < 4.78 is 22.6. The molecular weight excluding hydrogens is 424 g/mol. The number of carbonyl (C=O) groups is 1. The van der Waals surface area contributed by atoms with Crippen molar-refractivity contribution in [2.24, 2.45) is 0 Å². The molecule has 1 amide bonds. The Morgan fingerprint density at radius 1 is 1.18 bits per heavy atom. The Kier molecular flexibility index (Phi) is 6.34. The summed E-state index contributed by atoms with van der Waals surface area (Å²) in [5, 5.41) is 7.21. The van der Waals surface area contributed by atoms with Crippen molar-refractivity contribution in [3.63, 3.8) is 0 Å². The predicted molar refractivity (Wildman–Crippen MR) is 121 cm³/mol. The number of aryl methyl sites for hydroxylation is 1. The third kappa shape index (κ3) is 5.05. The molecule has 0 saturated carbocycles. The van der Waals surface area contributed by atoms with Crippen LogP contribution in [0.5, 0.6) is 11.5 Å². The van der Waals surface area contributed by atoms with E-state index in [0.29, 0.717) is 31.3 Å². The molecule has 2 N–H and O–H groups in total. The molecule has 2 aliphatic rings. The number of hydrogen-bond acceptors (Lipinski definition) is 8. The smallest absolute Gasteiger partial charge is 0.263 e. The first-order chi connectivity index (χ1) is 16.2. The molecule has 172 valence electrons. The van der Waals surface area contributed by atoms with Crippen LogP contribution in [0.1, 0.15) is 17.7 Å². The zero-order valence-corrected chi connectivity index (χ0v) is 18.4. The van der Waals surface area contributed by atoms with Crippen molar-refractivity contribution in [1.82, 2.24) is 15.3 Å². The van der Waals surface area contributed by atoms with Crippen LogP contribution in [0.2, 0.25) is 0 Å². The molecule has 1 saturated heterocycles. The Morgan fingerprint density at radius 2 is 2.06 bits per heavy atom. The molecular formula is C24H26N4O5. The van der Waals surface area contributed by atoms with E-state index >= 15 is 0 Å². The lowest BCUT2D eigenvalue weighted by Gasteiger charge is -2.30. The highest BCUT2D eigenvalue weighted by molar-refractivity contribution is 5.94. The molecule has 9 heteroatoms. The van der Waals surface area contributed by atoms with Crippen LogP contribution in [-0.4, -0.2) is 55.1 Å². The maximum absolute atomic E-state index is 11.5. The largest absolute Gasteiger partial charge is 0.497 e. The van der Waals surface area contributed by atoms with Crippen molar-refractivity contribution in [3.8, 4) is 11.5 Å². The summed E-state index contributed by atoms with van der Waals surface area (Å²) in [5.41, 5.74) is 2.95. The topological polar surface area (TPSA) is 104 Å². The van der Waals surface area contributed by atoms with E-state index in [9.17, 15) is 4.79 Å². The van der Waals surface area contributed by atoms with Gasteiger partial charge in [-0.1, -0.05) is 0 Å². The average molecular weight is 450 g/mol. The number of methoxy groups -OCH3 is 1.